The van der Waals surface area contributed by atoms with Crippen molar-refractivity contribution >= 4 is 11.6 Å². The van der Waals surface area contributed by atoms with Crippen molar-refractivity contribution in [2.24, 2.45) is 5.73 Å². The zero-order valence-corrected chi connectivity index (χ0v) is 8.86. The van der Waals surface area contributed by atoms with E-state index in [4.69, 9.17) is 10.5 Å². The Morgan fingerprint density at radius 2 is 2.47 bits per heavy atom. The Balaban J connectivity index is 2.70. The number of carbonyl (C=O) groups excluding carboxylic acids is 1. The second kappa shape index (κ2) is 5.43. The van der Waals surface area contributed by atoms with Crippen LogP contribution in [0.15, 0.2) is 18.5 Å². The fourth-order valence-electron chi connectivity index (χ4n) is 1.14. The van der Waals surface area contributed by atoms with Crippen LogP contribution in [0, 0.1) is 6.92 Å². The van der Waals surface area contributed by atoms with Gasteiger partial charge in [-0.25, -0.2) is 0 Å². The van der Waals surface area contributed by atoms with Gasteiger partial charge < -0.3 is 15.8 Å². The minimum Gasteiger partial charge on any atom is -0.370 e. The number of anilines is 1. The van der Waals surface area contributed by atoms with E-state index in [1.807, 2.05) is 6.92 Å². The lowest BCUT2D eigenvalue weighted by Crippen LogP contribution is -2.36. The van der Waals surface area contributed by atoms with Crippen LogP contribution in [-0.2, 0) is 9.53 Å². The summed E-state index contributed by atoms with van der Waals surface area (Å²) < 4.78 is 4.92. The van der Waals surface area contributed by atoms with E-state index in [0.717, 1.165) is 11.3 Å². The van der Waals surface area contributed by atoms with Gasteiger partial charge in [0.2, 0.25) is 0 Å². The second-order valence-electron chi connectivity index (χ2n) is 3.14. The summed E-state index contributed by atoms with van der Waals surface area (Å²) in [6.45, 7) is 2.03. The summed E-state index contributed by atoms with van der Waals surface area (Å²) >= 11 is 0. The number of pyridine rings is 1. The van der Waals surface area contributed by atoms with Gasteiger partial charge in [-0.1, -0.05) is 0 Å². The van der Waals surface area contributed by atoms with Crippen molar-refractivity contribution in [2.75, 3.05) is 19.0 Å². The van der Waals surface area contributed by atoms with Crippen molar-refractivity contribution < 1.29 is 9.53 Å². The van der Waals surface area contributed by atoms with Crippen LogP contribution in [0.2, 0.25) is 0 Å². The number of ether oxygens (including phenoxy) is 1. The summed E-state index contributed by atoms with van der Waals surface area (Å²) in [6.07, 6.45) is 2.68. The number of hydrogen-bond acceptors (Lipinski definition) is 4. The molecule has 1 aromatic heterocycles. The highest BCUT2D eigenvalue weighted by Gasteiger charge is 2.16. The molecule has 0 saturated heterocycles. The first-order valence-electron chi connectivity index (χ1n) is 4.63. The molecular formula is C10H15N3O2. The number of methoxy groups -OCH3 is 1. The molecule has 0 saturated carbocycles. The van der Waals surface area contributed by atoms with E-state index in [1.54, 1.807) is 18.5 Å². The van der Waals surface area contributed by atoms with Gasteiger partial charge in [-0.3, -0.25) is 9.78 Å². The van der Waals surface area contributed by atoms with Crippen molar-refractivity contribution in [1.29, 1.82) is 0 Å². The Morgan fingerprint density at radius 1 is 1.73 bits per heavy atom. The molecule has 0 radical (unpaired) electrons. The van der Waals surface area contributed by atoms with Crippen molar-refractivity contribution in [3.05, 3.63) is 24.0 Å². The van der Waals surface area contributed by atoms with Crippen LogP contribution in [0.25, 0.3) is 0 Å². The molecule has 0 aliphatic heterocycles. The number of nitrogens with zero attached hydrogens (tertiary/aromatic N) is 1. The lowest BCUT2D eigenvalue weighted by atomic mass is 10.2. The van der Waals surface area contributed by atoms with Crippen LogP contribution in [0.5, 0.6) is 0 Å². The number of aryl methyl sites for hydroxylation is 1. The van der Waals surface area contributed by atoms with E-state index in [2.05, 4.69) is 10.3 Å². The van der Waals surface area contributed by atoms with Gasteiger partial charge >= 0.3 is 0 Å². The SMILES string of the molecule is COC(CN)C(=O)Nc1ccncc1C. The Labute approximate surface area is 88.6 Å². The molecule has 1 amide bonds. The minimum atomic E-state index is -0.613. The second-order valence-corrected chi connectivity index (χ2v) is 3.14. The molecule has 0 aliphatic carbocycles. The molecule has 15 heavy (non-hydrogen) atoms. The van der Waals surface area contributed by atoms with Gasteiger partial charge in [-0.05, 0) is 18.6 Å². The van der Waals surface area contributed by atoms with Gasteiger partial charge in [0.25, 0.3) is 5.91 Å². The maximum absolute atomic E-state index is 11.6. The molecule has 1 heterocycles. The Kier molecular flexibility index (Phi) is 4.20. The zero-order chi connectivity index (χ0) is 11.3. The van der Waals surface area contributed by atoms with Gasteiger partial charge in [0, 0.05) is 31.7 Å². The standard InChI is InChI=1S/C10H15N3O2/c1-7-6-12-4-3-8(7)13-10(14)9(5-11)15-2/h3-4,6,9H,5,11H2,1-2H3,(H,12,13,14). The molecule has 0 bridgehead atoms. The quantitative estimate of drug-likeness (QED) is 0.747. The minimum absolute atomic E-state index is 0.159. The van der Waals surface area contributed by atoms with Gasteiger partial charge in [0.1, 0.15) is 6.10 Å². The average molecular weight is 209 g/mol. The van der Waals surface area contributed by atoms with Crippen LogP contribution >= 0.6 is 0 Å². The number of hydrogen-bond donors (Lipinski definition) is 2. The van der Waals surface area contributed by atoms with Crippen molar-refractivity contribution in [3.8, 4) is 0 Å². The summed E-state index contributed by atoms with van der Waals surface area (Å²) in [7, 11) is 1.45. The highest BCUT2D eigenvalue weighted by molar-refractivity contribution is 5.94. The van der Waals surface area contributed by atoms with Crippen LogP contribution in [0.3, 0.4) is 0 Å². The van der Waals surface area contributed by atoms with E-state index in [-0.39, 0.29) is 12.5 Å². The molecular weight excluding hydrogens is 194 g/mol. The predicted molar refractivity (Wildman–Crippen MR) is 57.5 cm³/mol. The van der Waals surface area contributed by atoms with E-state index < -0.39 is 6.10 Å². The van der Waals surface area contributed by atoms with Gasteiger partial charge in [0.05, 0.1) is 0 Å². The van der Waals surface area contributed by atoms with E-state index in [1.165, 1.54) is 7.11 Å². The molecule has 1 aromatic rings. The monoisotopic (exact) mass is 209 g/mol. The summed E-state index contributed by atoms with van der Waals surface area (Å²) in [6, 6.07) is 1.73. The normalized spacial score (nSPS) is 12.2. The molecule has 1 rings (SSSR count). The van der Waals surface area contributed by atoms with Crippen LogP contribution in [0.4, 0.5) is 5.69 Å². The largest absolute Gasteiger partial charge is 0.370 e. The molecule has 0 aliphatic rings. The first-order chi connectivity index (χ1) is 7.19. The first-order valence-corrected chi connectivity index (χ1v) is 4.63. The Bertz CT molecular complexity index is 337. The van der Waals surface area contributed by atoms with E-state index >= 15 is 0 Å². The molecule has 0 fully saturated rings. The highest BCUT2D eigenvalue weighted by atomic mass is 16.5. The fraction of sp³-hybridized carbons (Fsp3) is 0.400. The smallest absolute Gasteiger partial charge is 0.254 e. The van der Waals surface area contributed by atoms with Crippen molar-refractivity contribution in [3.63, 3.8) is 0 Å². The lowest BCUT2D eigenvalue weighted by molar-refractivity contribution is -0.125. The number of nitrogens with two attached hydrogens (primary N) is 1. The van der Waals surface area contributed by atoms with E-state index in [0.29, 0.717) is 0 Å². The lowest BCUT2D eigenvalue weighted by Gasteiger charge is -2.13. The molecule has 5 nitrogen and oxygen atoms in total. The van der Waals surface area contributed by atoms with Crippen LogP contribution in [-0.4, -0.2) is 30.6 Å². The van der Waals surface area contributed by atoms with E-state index in [9.17, 15) is 4.79 Å². The Morgan fingerprint density at radius 3 is 3.00 bits per heavy atom. The number of amides is 1. The number of nitrogens with one attached hydrogen (secondary N) is 1. The maximum Gasteiger partial charge on any atom is 0.254 e. The summed E-state index contributed by atoms with van der Waals surface area (Å²) in [5, 5.41) is 2.73. The highest BCUT2D eigenvalue weighted by Crippen LogP contribution is 2.11. The number of rotatable bonds is 4. The maximum atomic E-state index is 11.6. The first kappa shape index (κ1) is 11.6. The van der Waals surface area contributed by atoms with Crippen LogP contribution < -0.4 is 11.1 Å². The molecule has 3 N–H and O–H groups in total. The number of aromatic nitrogens is 1. The van der Waals surface area contributed by atoms with Gasteiger partial charge in [-0.15, -0.1) is 0 Å². The van der Waals surface area contributed by atoms with Crippen molar-refractivity contribution in [1.82, 2.24) is 4.98 Å². The molecule has 5 heteroatoms. The van der Waals surface area contributed by atoms with Crippen molar-refractivity contribution in [2.45, 2.75) is 13.0 Å². The third-order valence-electron chi connectivity index (χ3n) is 2.07. The number of carbonyl (C=O) groups is 1. The molecule has 0 spiro atoms. The molecule has 1 unspecified atom stereocenters. The molecule has 82 valence electrons. The van der Waals surface area contributed by atoms with Gasteiger partial charge in [-0.2, -0.15) is 0 Å². The average Bonchev–Trinajstić information content (AvgIpc) is 2.23. The van der Waals surface area contributed by atoms with Crippen LogP contribution in [0.1, 0.15) is 5.56 Å². The summed E-state index contributed by atoms with van der Waals surface area (Å²) in [5.74, 6) is -0.241. The van der Waals surface area contributed by atoms with Gasteiger partial charge in [0.15, 0.2) is 0 Å². The zero-order valence-electron chi connectivity index (χ0n) is 8.86. The molecule has 0 aromatic carbocycles. The topological polar surface area (TPSA) is 77.2 Å². The fourth-order valence-corrected chi connectivity index (χ4v) is 1.14. The molecule has 1 atom stereocenters. The third-order valence-corrected chi connectivity index (χ3v) is 2.07. The third kappa shape index (κ3) is 3.00. The summed E-state index contributed by atoms with van der Waals surface area (Å²) in [4.78, 5) is 15.5. The summed E-state index contributed by atoms with van der Waals surface area (Å²) in [5.41, 5.74) is 7.01. The predicted octanol–water partition coefficient (Wildman–Crippen LogP) is 0.302. The Hall–Kier alpha value is -1.46.